The van der Waals surface area contributed by atoms with Gasteiger partial charge in [-0.25, -0.2) is 9.18 Å². The largest absolute Gasteiger partial charge is 0.484 e. The van der Waals surface area contributed by atoms with Crippen LogP contribution in [0.2, 0.25) is 0 Å². The topological polar surface area (TPSA) is 66.8 Å². The number of aliphatic carboxylic acids is 1. The van der Waals surface area contributed by atoms with Gasteiger partial charge in [0.25, 0.3) is 5.91 Å². The van der Waals surface area contributed by atoms with E-state index in [-0.39, 0.29) is 17.7 Å². The van der Waals surface area contributed by atoms with E-state index in [1.807, 2.05) is 6.92 Å². The summed E-state index contributed by atoms with van der Waals surface area (Å²) in [5.74, 6) is -1.25. The van der Waals surface area contributed by atoms with E-state index in [1.54, 1.807) is 6.07 Å². The monoisotopic (exact) mass is 313 g/mol. The maximum Gasteiger partial charge on any atom is 0.327 e. The van der Waals surface area contributed by atoms with Gasteiger partial charge < -0.3 is 14.7 Å². The van der Waals surface area contributed by atoms with Crippen LogP contribution in [0.1, 0.15) is 13.3 Å². The molecular formula is C14H16FNO4S. The zero-order chi connectivity index (χ0) is 15.4. The van der Waals surface area contributed by atoms with Gasteiger partial charge in [0.15, 0.2) is 6.61 Å². The summed E-state index contributed by atoms with van der Waals surface area (Å²) in [5, 5.41) is 9.01. The minimum absolute atomic E-state index is 0.158. The number of carbonyl (C=O) groups is 2. The predicted molar refractivity (Wildman–Crippen MR) is 76.7 cm³/mol. The molecule has 21 heavy (non-hydrogen) atoms. The molecular weight excluding hydrogens is 297 g/mol. The third kappa shape index (κ3) is 3.66. The molecule has 2 atom stereocenters. The van der Waals surface area contributed by atoms with Crippen molar-refractivity contribution in [3.05, 3.63) is 30.1 Å². The summed E-state index contributed by atoms with van der Waals surface area (Å²) >= 11 is 1.45. The number of carbonyl (C=O) groups excluding carboxylic acids is 1. The molecule has 1 aliphatic heterocycles. The van der Waals surface area contributed by atoms with Crippen LogP contribution in [0, 0.1) is 5.82 Å². The number of benzene rings is 1. The standard InChI is InChI=1S/C14H16FNO4S/c1-2-13-16(11(8-21-13)14(18)19)12(17)7-20-10-5-3-4-9(15)6-10/h3-6,11,13H,2,7-8H2,1H3,(H,18,19). The van der Waals surface area contributed by atoms with E-state index in [9.17, 15) is 14.0 Å². The molecule has 1 heterocycles. The first kappa shape index (κ1) is 15.6. The molecule has 114 valence electrons. The highest BCUT2D eigenvalue weighted by Crippen LogP contribution is 2.31. The number of amides is 1. The minimum atomic E-state index is -1.02. The molecule has 2 unspecified atom stereocenters. The Labute approximate surface area is 126 Å². The van der Waals surface area contributed by atoms with Crippen LogP contribution in [0.4, 0.5) is 4.39 Å². The fourth-order valence-corrected chi connectivity index (χ4v) is 3.55. The maximum absolute atomic E-state index is 13.0. The van der Waals surface area contributed by atoms with E-state index < -0.39 is 23.7 Å². The molecule has 0 saturated carbocycles. The number of hydrogen-bond acceptors (Lipinski definition) is 4. The number of carboxylic acid groups (broad SMARTS) is 1. The van der Waals surface area contributed by atoms with E-state index >= 15 is 0 Å². The molecule has 0 spiro atoms. The van der Waals surface area contributed by atoms with Crippen LogP contribution in [-0.4, -0.2) is 45.7 Å². The van der Waals surface area contributed by atoms with Crippen molar-refractivity contribution in [3.8, 4) is 5.75 Å². The zero-order valence-corrected chi connectivity index (χ0v) is 12.3. The molecule has 1 aromatic carbocycles. The first-order chi connectivity index (χ1) is 10.0. The van der Waals surface area contributed by atoms with Gasteiger partial charge in [-0.05, 0) is 18.6 Å². The third-order valence-corrected chi connectivity index (χ3v) is 4.63. The van der Waals surface area contributed by atoms with E-state index in [1.165, 1.54) is 34.9 Å². The van der Waals surface area contributed by atoms with Crippen LogP contribution >= 0.6 is 11.8 Å². The Morgan fingerprint density at radius 2 is 2.29 bits per heavy atom. The van der Waals surface area contributed by atoms with Crippen LogP contribution < -0.4 is 4.74 Å². The Kier molecular flexibility index (Phi) is 5.06. The number of hydrogen-bond donors (Lipinski definition) is 1. The fourth-order valence-electron chi connectivity index (χ4n) is 2.18. The molecule has 1 aliphatic rings. The number of halogens is 1. The molecule has 1 amide bonds. The van der Waals surface area contributed by atoms with Gasteiger partial charge in [-0.3, -0.25) is 4.79 Å². The average Bonchev–Trinajstić information content (AvgIpc) is 2.89. The van der Waals surface area contributed by atoms with Crippen molar-refractivity contribution in [2.24, 2.45) is 0 Å². The van der Waals surface area contributed by atoms with Crippen molar-refractivity contribution in [2.45, 2.75) is 24.8 Å². The lowest BCUT2D eigenvalue weighted by Gasteiger charge is -2.26. The van der Waals surface area contributed by atoms with Gasteiger partial charge in [0.05, 0.1) is 5.37 Å². The summed E-state index contributed by atoms with van der Waals surface area (Å²) in [6, 6.07) is 4.65. The molecule has 0 radical (unpaired) electrons. The van der Waals surface area contributed by atoms with Crippen LogP contribution in [-0.2, 0) is 9.59 Å². The lowest BCUT2D eigenvalue weighted by molar-refractivity contribution is -0.149. The molecule has 0 bridgehead atoms. The first-order valence-corrected chi connectivity index (χ1v) is 7.61. The smallest absolute Gasteiger partial charge is 0.327 e. The van der Waals surface area contributed by atoms with Gasteiger partial charge in [-0.15, -0.1) is 11.8 Å². The van der Waals surface area contributed by atoms with Crippen molar-refractivity contribution in [2.75, 3.05) is 12.4 Å². The fraction of sp³-hybridized carbons (Fsp3) is 0.429. The molecule has 0 aliphatic carbocycles. The van der Waals surface area contributed by atoms with Gasteiger partial charge in [-0.2, -0.15) is 0 Å². The lowest BCUT2D eigenvalue weighted by atomic mass is 10.2. The Bertz CT molecular complexity index is 539. The van der Waals surface area contributed by atoms with Crippen molar-refractivity contribution in [1.82, 2.24) is 4.90 Å². The minimum Gasteiger partial charge on any atom is -0.484 e. The van der Waals surface area contributed by atoms with Crippen molar-refractivity contribution >= 4 is 23.6 Å². The number of carboxylic acids is 1. The van der Waals surface area contributed by atoms with E-state index in [0.29, 0.717) is 12.2 Å². The average molecular weight is 313 g/mol. The Balaban J connectivity index is 2.02. The quantitative estimate of drug-likeness (QED) is 0.900. The molecule has 1 fully saturated rings. The lowest BCUT2D eigenvalue weighted by Crippen LogP contribution is -2.47. The van der Waals surface area contributed by atoms with Crippen molar-refractivity contribution in [3.63, 3.8) is 0 Å². The second-order valence-electron chi connectivity index (χ2n) is 4.60. The first-order valence-electron chi connectivity index (χ1n) is 6.57. The highest BCUT2D eigenvalue weighted by atomic mass is 32.2. The summed E-state index contributed by atoms with van der Waals surface area (Å²) in [5.41, 5.74) is 0. The number of nitrogens with zero attached hydrogens (tertiary/aromatic N) is 1. The van der Waals surface area contributed by atoms with Gasteiger partial charge in [-0.1, -0.05) is 13.0 Å². The summed E-state index contributed by atoms with van der Waals surface area (Å²) < 4.78 is 18.3. The van der Waals surface area contributed by atoms with Crippen LogP contribution in [0.3, 0.4) is 0 Å². The third-order valence-electron chi connectivity index (χ3n) is 3.17. The molecule has 7 heteroatoms. The molecule has 1 aromatic rings. The summed E-state index contributed by atoms with van der Waals surface area (Å²) in [4.78, 5) is 24.8. The second kappa shape index (κ2) is 6.80. The highest BCUT2D eigenvalue weighted by molar-refractivity contribution is 8.00. The molecule has 2 rings (SSSR count). The summed E-state index contributed by atoms with van der Waals surface area (Å²) in [7, 11) is 0. The molecule has 1 saturated heterocycles. The van der Waals surface area contributed by atoms with Crippen LogP contribution in [0.25, 0.3) is 0 Å². The zero-order valence-electron chi connectivity index (χ0n) is 11.5. The SMILES string of the molecule is CCC1SCC(C(=O)O)N1C(=O)COc1cccc(F)c1. The van der Waals surface area contributed by atoms with Crippen molar-refractivity contribution in [1.29, 1.82) is 0 Å². The maximum atomic E-state index is 13.0. The van der Waals surface area contributed by atoms with E-state index in [4.69, 9.17) is 9.84 Å². The number of rotatable bonds is 5. The Morgan fingerprint density at radius 1 is 1.52 bits per heavy atom. The Morgan fingerprint density at radius 3 is 2.90 bits per heavy atom. The van der Waals surface area contributed by atoms with Gasteiger partial charge in [0, 0.05) is 11.8 Å². The second-order valence-corrected chi connectivity index (χ2v) is 5.81. The van der Waals surface area contributed by atoms with Gasteiger partial charge >= 0.3 is 5.97 Å². The Hall–Kier alpha value is -1.76. The van der Waals surface area contributed by atoms with Crippen molar-refractivity contribution < 1.29 is 23.8 Å². The molecule has 5 nitrogen and oxygen atoms in total. The predicted octanol–water partition coefficient (Wildman–Crippen LogP) is 1.97. The number of thioether (sulfide) groups is 1. The molecule has 0 aromatic heterocycles. The van der Waals surface area contributed by atoms with E-state index in [2.05, 4.69) is 0 Å². The van der Waals surface area contributed by atoms with E-state index in [0.717, 1.165) is 0 Å². The summed E-state index contributed by atoms with van der Waals surface area (Å²) in [6.07, 6.45) is 0.667. The normalized spacial score (nSPS) is 21.3. The van der Waals surface area contributed by atoms with Gasteiger partial charge in [0.1, 0.15) is 17.6 Å². The number of ether oxygens (including phenoxy) is 1. The van der Waals surface area contributed by atoms with Crippen LogP contribution in [0.5, 0.6) is 5.75 Å². The van der Waals surface area contributed by atoms with Crippen LogP contribution in [0.15, 0.2) is 24.3 Å². The van der Waals surface area contributed by atoms with Gasteiger partial charge in [0.2, 0.25) is 0 Å². The highest BCUT2D eigenvalue weighted by Gasteiger charge is 2.40. The molecule has 1 N–H and O–H groups in total. The summed E-state index contributed by atoms with van der Waals surface area (Å²) in [6.45, 7) is 1.60.